The minimum absolute atomic E-state index is 0.114. The van der Waals surface area contributed by atoms with Crippen molar-refractivity contribution in [3.63, 3.8) is 0 Å². The predicted molar refractivity (Wildman–Crippen MR) is 69.0 cm³/mol. The zero-order valence-electron chi connectivity index (χ0n) is 11.2. The van der Waals surface area contributed by atoms with E-state index in [2.05, 4.69) is 18.9 Å². The van der Waals surface area contributed by atoms with Crippen LogP contribution >= 0.6 is 0 Å². The summed E-state index contributed by atoms with van der Waals surface area (Å²) >= 11 is 0. The van der Waals surface area contributed by atoms with Crippen molar-refractivity contribution >= 4 is 0 Å². The van der Waals surface area contributed by atoms with Crippen molar-refractivity contribution in [2.45, 2.75) is 58.5 Å². The Balaban J connectivity index is 1.92. The largest absolute Gasteiger partial charge is 0.393 e. The summed E-state index contributed by atoms with van der Waals surface area (Å²) in [6.45, 7) is 4.17. The van der Waals surface area contributed by atoms with Gasteiger partial charge in [-0.2, -0.15) is 5.10 Å². The van der Waals surface area contributed by atoms with Crippen molar-refractivity contribution in [2.75, 3.05) is 0 Å². The first-order valence-corrected chi connectivity index (χ1v) is 6.76. The van der Waals surface area contributed by atoms with Gasteiger partial charge in [0.25, 0.3) is 0 Å². The van der Waals surface area contributed by atoms with Gasteiger partial charge in [0.05, 0.1) is 11.8 Å². The van der Waals surface area contributed by atoms with Crippen LogP contribution in [-0.4, -0.2) is 21.0 Å². The van der Waals surface area contributed by atoms with E-state index in [9.17, 15) is 5.11 Å². The van der Waals surface area contributed by atoms with Crippen LogP contribution in [0.15, 0.2) is 0 Å². The maximum absolute atomic E-state index is 10.2. The van der Waals surface area contributed by atoms with Gasteiger partial charge in [-0.05, 0) is 51.0 Å². The third-order valence-corrected chi connectivity index (χ3v) is 4.29. The molecule has 1 unspecified atom stereocenters. The first-order chi connectivity index (χ1) is 8.09. The molecule has 2 rings (SSSR count). The first kappa shape index (κ1) is 12.6. The van der Waals surface area contributed by atoms with Crippen LogP contribution in [0.5, 0.6) is 0 Å². The minimum Gasteiger partial charge on any atom is -0.393 e. The Morgan fingerprint density at radius 3 is 2.53 bits per heavy atom. The van der Waals surface area contributed by atoms with Crippen LogP contribution in [0.3, 0.4) is 0 Å². The van der Waals surface area contributed by atoms with Crippen LogP contribution in [0.1, 0.15) is 49.1 Å². The van der Waals surface area contributed by atoms with Gasteiger partial charge in [0.2, 0.25) is 0 Å². The summed E-state index contributed by atoms with van der Waals surface area (Å²) in [5, 5.41) is 14.6. The maximum atomic E-state index is 10.2. The molecule has 0 radical (unpaired) electrons. The van der Waals surface area contributed by atoms with E-state index in [4.69, 9.17) is 0 Å². The van der Waals surface area contributed by atoms with E-state index in [1.807, 2.05) is 11.7 Å². The van der Waals surface area contributed by atoms with Gasteiger partial charge in [0.1, 0.15) is 0 Å². The number of hydrogen-bond donors (Lipinski definition) is 1. The number of rotatable bonds is 4. The third kappa shape index (κ3) is 2.71. The van der Waals surface area contributed by atoms with E-state index in [0.717, 1.165) is 18.5 Å². The number of aliphatic hydroxyl groups excluding tert-OH is 1. The molecule has 1 heterocycles. The van der Waals surface area contributed by atoms with E-state index in [1.165, 1.54) is 36.9 Å². The minimum atomic E-state index is -0.114. The van der Waals surface area contributed by atoms with E-state index in [-0.39, 0.29) is 6.10 Å². The standard InChI is InChI=1S/C14H24N2O/c1-10-13(11(2)16(3)15-10)8-9-14(17)12-6-4-5-7-12/h12,14,17H,4-9H2,1-3H3. The van der Waals surface area contributed by atoms with Gasteiger partial charge >= 0.3 is 0 Å². The van der Waals surface area contributed by atoms with Crippen LogP contribution < -0.4 is 0 Å². The molecule has 1 aromatic rings. The molecule has 3 heteroatoms. The van der Waals surface area contributed by atoms with Gasteiger partial charge in [-0.15, -0.1) is 0 Å². The highest BCUT2D eigenvalue weighted by molar-refractivity contribution is 5.24. The fourth-order valence-electron chi connectivity index (χ4n) is 3.05. The second-order valence-corrected chi connectivity index (χ2v) is 5.42. The zero-order chi connectivity index (χ0) is 12.4. The number of aryl methyl sites for hydroxylation is 2. The lowest BCUT2D eigenvalue weighted by atomic mass is 9.94. The number of hydrogen-bond acceptors (Lipinski definition) is 2. The average Bonchev–Trinajstić information content (AvgIpc) is 2.88. The van der Waals surface area contributed by atoms with Crippen LogP contribution in [0.2, 0.25) is 0 Å². The molecule has 0 aromatic carbocycles. The van der Waals surface area contributed by atoms with Crippen LogP contribution in [0, 0.1) is 19.8 Å². The highest BCUT2D eigenvalue weighted by atomic mass is 16.3. The quantitative estimate of drug-likeness (QED) is 0.872. The van der Waals surface area contributed by atoms with Crippen LogP contribution in [0.25, 0.3) is 0 Å². The Hall–Kier alpha value is -0.830. The molecule has 1 fully saturated rings. The molecule has 1 N–H and O–H groups in total. The molecule has 1 aliphatic carbocycles. The summed E-state index contributed by atoms with van der Waals surface area (Å²) < 4.78 is 1.94. The lowest BCUT2D eigenvalue weighted by Crippen LogP contribution is -2.18. The zero-order valence-corrected chi connectivity index (χ0v) is 11.2. The van der Waals surface area contributed by atoms with Crippen molar-refractivity contribution in [1.82, 2.24) is 9.78 Å². The summed E-state index contributed by atoms with van der Waals surface area (Å²) in [5.74, 6) is 0.548. The van der Waals surface area contributed by atoms with Crippen molar-refractivity contribution in [3.8, 4) is 0 Å². The van der Waals surface area contributed by atoms with E-state index >= 15 is 0 Å². The molecule has 1 aromatic heterocycles. The van der Waals surface area contributed by atoms with E-state index in [0.29, 0.717) is 5.92 Å². The highest BCUT2D eigenvalue weighted by Crippen LogP contribution is 2.29. The monoisotopic (exact) mass is 236 g/mol. The molecule has 0 amide bonds. The maximum Gasteiger partial charge on any atom is 0.0628 e. The molecule has 17 heavy (non-hydrogen) atoms. The normalized spacial score (nSPS) is 18.8. The smallest absolute Gasteiger partial charge is 0.0628 e. The predicted octanol–water partition coefficient (Wildman–Crippen LogP) is 2.52. The molecule has 96 valence electrons. The van der Waals surface area contributed by atoms with Crippen molar-refractivity contribution < 1.29 is 5.11 Å². The summed E-state index contributed by atoms with van der Waals surface area (Å²) in [6, 6.07) is 0. The fraction of sp³-hybridized carbons (Fsp3) is 0.786. The lowest BCUT2D eigenvalue weighted by molar-refractivity contribution is 0.102. The lowest BCUT2D eigenvalue weighted by Gasteiger charge is -2.17. The molecule has 0 bridgehead atoms. The highest BCUT2D eigenvalue weighted by Gasteiger charge is 2.23. The average molecular weight is 236 g/mol. The van der Waals surface area contributed by atoms with Gasteiger partial charge in [0, 0.05) is 12.7 Å². The van der Waals surface area contributed by atoms with Gasteiger partial charge in [-0.3, -0.25) is 4.68 Å². The summed E-state index contributed by atoms with van der Waals surface area (Å²) in [7, 11) is 1.99. The van der Waals surface area contributed by atoms with Gasteiger partial charge in [-0.25, -0.2) is 0 Å². The Bertz CT molecular complexity index is 378. The summed E-state index contributed by atoms with van der Waals surface area (Å²) in [4.78, 5) is 0. The Kier molecular flexibility index (Phi) is 3.87. The number of aliphatic hydroxyl groups is 1. The molecular formula is C14H24N2O. The molecule has 0 spiro atoms. The van der Waals surface area contributed by atoms with Crippen molar-refractivity contribution in [1.29, 1.82) is 0 Å². The second-order valence-electron chi connectivity index (χ2n) is 5.42. The summed E-state index contributed by atoms with van der Waals surface area (Å²) in [5.41, 5.74) is 3.68. The second kappa shape index (κ2) is 5.21. The molecule has 1 atom stereocenters. The van der Waals surface area contributed by atoms with Crippen molar-refractivity contribution in [3.05, 3.63) is 17.0 Å². The van der Waals surface area contributed by atoms with E-state index < -0.39 is 0 Å². The molecular weight excluding hydrogens is 212 g/mol. The number of nitrogens with zero attached hydrogens (tertiary/aromatic N) is 2. The van der Waals surface area contributed by atoms with Crippen molar-refractivity contribution in [2.24, 2.45) is 13.0 Å². The topological polar surface area (TPSA) is 38.0 Å². The SMILES string of the molecule is Cc1nn(C)c(C)c1CCC(O)C1CCCC1. The third-order valence-electron chi connectivity index (χ3n) is 4.29. The Morgan fingerprint density at radius 2 is 2.00 bits per heavy atom. The van der Waals surface area contributed by atoms with Gasteiger partial charge < -0.3 is 5.11 Å². The molecule has 0 saturated heterocycles. The Morgan fingerprint density at radius 1 is 1.35 bits per heavy atom. The summed E-state index contributed by atoms with van der Waals surface area (Å²) in [6.07, 6.45) is 6.76. The van der Waals surface area contributed by atoms with Gasteiger partial charge in [0.15, 0.2) is 0 Å². The first-order valence-electron chi connectivity index (χ1n) is 6.76. The number of aromatic nitrogens is 2. The van der Waals surface area contributed by atoms with Gasteiger partial charge in [-0.1, -0.05) is 12.8 Å². The fourth-order valence-corrected chi connectivity index (χ4v) is 3.05. The molecule has 0 aliphatic heterocycles. The van der Waals surface area contributed by atoms with Crippen LogP contribution in [-0.2, 0) is 13.5 Å². The molecule has 1 saturated carbocycles. The van der Waals surface area contributed by atoms with Crippen LogP contribution in [0.4, 0.5) is 0 Å². The van der Waals surface area contributed by atoms with E-state index in [1.54, 1.807) is 0 Å². The molecule has 1 aliphatic rings. The molecule has 3 nitrogen and oxygen atoms in total. The Labute approximate surface area is 104 Å².